The second kappa shape index (κ2) is 4.04. The van der Waals surface area contributed by atoms with Gasteiger partial charge >= 0.3 is 0 Å². The number of benzene rings is 1. The molecule has 13 heavy (non-hydrogen) atoms. The lowest BCUT2D eigenvalue weighted by Crippen LogP contribution is -2.16. The molecule has 1 rings (SSSR count). The van der Waals surface area contributed by atoms with E-state index in [9.17, 15) is 4.39 Å². The van der Waals surface area contributed by atoms with Crippen molar-refractivity contribution in [1.29, 1.82) is 0 Å². The van der Waals surface area contributed by atoms with Crippen LogP contribution in [-0.2, 0) is 0 Å². The first-order valence-electron chi connectivity index (χ1n) is 3.61. The Balaban J connectivity index is 3.18. The summed E-state index contributed by atoms with van der Waals surface area (Å²) in [7, 11) is 0. The highest BCUT2D eigenvalue weighted by molar-refractivity contribution is 9.10. The monoisotopic (exact) mass is 249 g/mol. The van der Waals surface area contributed by atoms with Gasteiger partial charge in [-0.25, -0.2) is 4.39 Å². The average molecular weight is 250 g/mol. The summed E-state index contributed by atoms with van der Waals surface area (Å²) in [5.41, 5.74) is 5.59. The summed E-state index contributed by atoms with van der Waals surface area (Å²) >= 11 is 2.87. The Morgan fingerprint density at radius 1 is 1.54 bits per heavy atom. The number of rotatable bonds is 2. The number of hydrogen-bond acceptors (Lipinski definition) is 3. The largest absolute Gasteiger partial charge is 0.507 e. The van der Waals surface area contributed by atoms with Crippen molar-refractivity contribution in [3.05, 3.63) is 28.0 Å². The third kappa shape index (κ3) is 1.99. The van der Waals surface area contributed by atoms with Gasteiger partial charge < -0.3 is 15.9 Å². The van der Waals surface area contributed by atoms with Crippen LogP contribution in [0.15, 0.2) is 16.6 Å². The van der Waals surface area contributed by atoms with Gasteiger partial charge in [0.1, 0.15) is 11.6 Å². The molecule has 1 aromatic rings. The summed E-state index contributed by atoms with van der Waals surface area (Å²) in [6.45, 7) is -0.339. The summed E-state index contributed by atoms with van der Waals surface area (Å²) < 4.78 is 13.3. The molecule has 0 aromatic heterocycles. The number of aromatic hydroxyl groups is 1. The molecule has 0 aliphatic carbocycles. The third-order valence-electron chi connectivity index (χ3n) is 1.69. The Morgan fingerprint density at radius 3 is 2.69 bits per heavy atom. The van der Waals surface area contributed by atoms with E-state index in [2.05, 4.69) is 15.9 Å². The predicted octanol–water partition coefficient (Wildman–Crippen LogP) is 1.29. The highest BCUT2D eigenvalue weighted by atomic mass is 79.9. The van der Waals surface area contributed by atoms with Crippen LogP contribution >= 0.6 is 15.9 Å². The van der Waals surface area contributed by atoms with E-state index < -0.39 is 11.9 Å². The molecule has 0 bridgehead atoms. The number of aliphatic hydroxyl groups excluding tert-OH is 1. The van der Waals surface area contributed by atoms with E-state index in [-0.39, 0.29) is 22.4 Å². The Kier molecular flexibility index (Phi) is 3.24. The van der Waals surface area contributed by atoms with Gasteiger partial charge in [-0.3, -0.25) is 0 Å². The molecule has 5 heteroatoms. The van der Waals surface area contributed by atoms with Crippen molar-refractivity contribution < 1.29 is 14.6 Å². The summed E-state index contributed by atoms with van der Waals surface area (Å²) in [4.78, 5) is 0. The van der Waals surface area contributed by atoms with Crippen molar-refractivity contribution in [1.82, 2.24) is 0 Å². The highest BCUT2D eigenvalue weighted by Crippen LogP contribution is 2.30. The summed E-state index contributed by atoms with van der Waals surface area (Å²) in [6.07, 6.45) is 0. The van der Waals surface area contributed by atoms with Gasteiger partial charge in [-0.1, -0.05) is 6.07 Å². The molecule has 0 aliphatic rings. The molecule has 0 saturated carbocycles. The topological polar surface area (TPSA) is 66.5 Å². The van der Waals surface area contributed by atoms with E-state index in [0.717, 1.165) is 0 Å². The van der Waals surface area contributed by atoms with Crippen LogP contribution in [0.5, 0.6) is 5.75 Å². The summed E-state index contributed by atoms with van der Waals surface area (Å²) in [5.74, 6) is -0.826. The van der Waals surface area contributed by atoms with Crippen molar-refractivity contribution in [2.75, 3.05) is 6.61 Å². The van der Waals surface area contributed by atoms with Crippen molar-refractivity contribution in [3.63, 3.8) is 0 Å². The molecule has 1 aromatic carbocycles. The minimum Gasteiger partial charge on any atom is -0.507 e. The Labute approximate surface area is 83.1 Å². The number of nitrogens with two attached hydrogens (primary N) is 1. The molecule has 0 spiro atoms. The zero-order valence-corrected chi connectivity index (χ0v) is 8.25. The fourth-order valence-electron chi connectivity index (χ4n) is 0.939. The fourth-order valence-corrected chi connectivity index (χ4v) is 1.30. The van der Waals surface area contributed by atoms with Crippen molar-refractivity contribution in [3.8, 4) is 5.75 Å². The Bertz CT molecular complexity index is 319. The molecular formula is C8H9BrFNO2. The van der Waals surface area contributed by atoms with Gasteiger partial charge in [0.2, 0.25) is 0 Å². The van der Waals surface area contributed by atoms with E-state index in [1.165, 1.54) is 12.1 Å². The number of phenols is 1. The molecule has 0 aliphatic heterocycles. The maximum Gasteiger partial charge on any atom is 0.145 e. The molecule has 1 atom stereocenters. The number of aliphatic hydroxyl groups is 1. The van der Waals surface area contributed by atoms with Crippen molar-refractivity contribution >= 4 is 15.9 Å². The molecule has 1 unspecified atom stereocenters. The van der Waals surface area contributed by atoms with Crippen LogP contribution < -0.4 is 5.73 Å². The second-order valence-electron chi connectivity index (χ2n) is 2.59. The molecular weight excluding hydrogens is 241 g/mol. The fraction of sp³-hybridized carbons (Fsp3) is 0.250. The van der Waals surface area contributed by atoms with Crippen LogP contribution in [0, 0.1) is 5.82 Å². The number of phenolic OH excluding ortho intramolecular Hbond substituents is 1. The lowest BCUT2D eigenvalue weighted by molar-refractivity contribution is 0.265. The molecule has 4 N–H and O–H groups in total. The highest BCUT2D eigenvalue weighted by Gasteiger charge is 2.15. The lowest BCUT2D eigenvalue weighted by atomic mass is 10.1. The van der Waals surface area contributed by atoms with E-state index in [1.54, 1.807) is 0 Å². The molecule has 0 radical (unpaired) electrons. The normalized spacial score (nSPS) is 12.9. The van der Waals surface area contributed by atoms with Gasteiger partial charge in [0, 0.05) is 5.56 Å². The molecule has 72 valence electrons. The van der Waals surface area contributed by atoms with Crippen LogP contribution in [0.2, 0.25) is 0 Å². The Hall–Kier alpha value is -0.650. The second-order valence-corrected chi connectivity index (χ2v) is 3.38. The van der Waals surface area contributed by atoms with Crippen LogP contribution in [0.3, 0.4) is 0 Å². The van der Waals surface area contributed by atoms with Crippen LogP contribution in [0.4, 0.5) is 4.39 Å². The van der Waals surface area contributed by atoms with E-state index in [0.29, 0.717) is 0 Å². The predicted molar refractivity (Wildman–Crippen MR) is 49.8 cm³/mol. The van der Waals surface area contributed by atoms with Gasteiger partial charge in [0.25, 0.3) is 0 Å². The minimum absolute atomic E-state index is 0.0334. The summed E-state index contributed by atoms with van der Waals surface area (Å²) in [6, 6.07) is 1.89. The zero-order chi connectivity index (χ0) is 10.0. The van der Waals surface area contributed by atoms with Gasteiger partial charge in [0.15, 0.2) is 0 Å². The molecule has 0 heterocycles. The molecule has 0 fully saturated rings. The molecule has 0 amide bonds. The standard InChI is InChI=1S/C8H9BrFNO2/c9-7-6(13)2-1-4(8(7)10)5(11)3-12/h1-2,5,12-13H,3,11H2. The minimum atomic E-state index is -0.767. The van der Waals surface area contributed by atoms with Crippen molar-refractivity contribution in [2.45, 2.75) is 6.04 Å². The number of hydrogen-bond donors (Lipinski definition) is 3. The molecule has 3 nitrogen and oxygen atoms in total. The van der Waals surface area contributed by atoms with E-state index in [4.69, 9.17) is 15.9 Å². The van der Waals surface area contributed by atoms with E-state index in [1.807, 2.05) is 0 Å². The number of halogens is 2. The zero-order valence-electron chi connectivity index (χ0n) is 6.67. The first-order valence-corrected chi connectivity index (χ1v) is 4.40. The summed E-state index contributed by atoms with van der Waals surface area (Å²) in [5, 5.41) is 17.8. The van der Waals surface area contributed by atoms with Gasteiger partial charge in [-0.15, -0.1) is 0 Å². The van der Waals surface area contributed by atoms with Gasteiger partial charge in [-0.2, -0.15) is 0 Å². The van der Waals surface area contributed by atoms with Crippen LogP contribution in [-0.4, -0.2) is 16.8 Å². The first-order chi connectivity index (χ1) is 6.07. The maximum atomic E-state index is 13.3. The Morgan fingerprint density at radius 2 is 2.15 bits per heavy atom. The maximum absolute atomic E-state index is 13.3. The quantitative estimate of drug-likeness (QED) is 0.740. The smallest absolute Gasteiger partial charge is 0.145 e. The SMILES string of the molecule is NC(CO)c1ccc(O)c(Br)c1F. The van der Waals surface area contributed by atoms with Crippen molar-refractivity contribution in [2.24, 2.45) is 5.73 Å². The molecule has 0 saturated heterocycles. The van der Waals surface area contributed by atoms with E-state index >= 15 is 0 Å². The van der Waals surface area contributed by atoms with Crippen LogP contribution in [0.25, 0.3) is 0 Å². The third-order valence-corrected chi connectivity index (χ3v) is 2.44. The van der Waals surface area contributed by atoms with Gasteiger partial charge in [-0.05, 0) is 22.0 Å². The van der Waals surface area contributed by atoms with Gasteiger partial charge in [0.05, 0.1) is 17.1 Å². The average Bonchev–Trinajstić information content (AvgIpc) is 2.13. The lowest BCUT2D eigenvalue weighted by Gasteiger charge is -2.11. The van der Waals surface area contributed by atoms with Crippen LogP contribution in [0.1, 0.15) is 11.6 Å². The first kappa shape index (κ1) is 10.4.